The zero-order chi connectivity index (χ0) is 30.8. The summed E-state index contributed by atoms with van der Waals surface area (Å²) in [6.45, 7) is 6.38. The summed E-state index contributed by atoms with van der Waals surface area (Å²) in [7, 11) is 0. The van der Waals surface area contributed by atoms with Crippen molar-refractivity contribution in [1.29, 1.82) is 0 Å². The number of nitrogens with zero attached hydrogens (tertiary/aromatic N) is 4. The number of rotatable bonds is 4. The maximum atomic E-state index is 14.5. The predicted octanol–water partition coefficient (Wildman–Crippen LogP) is 7.30. The summed E-state index contributed by atoms with van der Waals surface area (Å²) in [5.74, 6) is -0.713. The SMILES string of the molecule is Cc1cc(-c2ccc3c4c(ccc3n2)-c2c(C3CCCCC3)c3ccc(C(=O)O)nc3n2C(C(=O)N2CCOCC2)C4)c(C)s1. The van der Waals surface area contributed by atoms with Gasteiger partial charge in [-0.2, -0.15) is 0 Å². The molecular weight excluding hydrogens is 584 g/mol. The minimum atomic E-state index is -1.07. The molecule has 2 aliphatic heterocycles. The van der Waals surface area contributed by atoms with Crippen molar-refractivity contribution in [2.75, 3.05) is 26.3 Å². The van der Waals surface area contributed by atoms with Gasteiger partial charge in [0, 0.05) is 51.2 Å². The number of carbonyl (C=O) groups excluding carboxylic acids is 1. The van der Waals surface area contributed by atoms with Gasteiger partial charge >= 0.3 is 5.97 Å². The number of aromatic carboxylic acids is 1. The molecule has 1 amide bonds. The molecule has 2 fully saturated rings. The highest BCUT2D eigenvalue weighted by atomic mass is 32.1. The number of aromatic nitrogens is 3. The van der Waals surface area contributed by atoms with Gasteiger partial charge in [0.25, 0.3) is 0 Å². The van der Waals surface area contributed by atoms with Gasteiger partial charge in [-0.1, -0.05) is 31.4 Å². The summed E-state index contributed by atoms with van der Waals surface area (Å²) >= 11 is 1.78. The molecule has 0 spiro atoms. The highest BCUT2D eigenvalue weighted by Gasteiger charge is 2.39. The molecule has 0 radical (unpaired) electrons. The number of carbonyl (C=O) groups is 2. The topological polar surface area (TPSA) is 97.5 Å². The molecule has 1 aromatic carbocycles. The van der Waals surface area contributed by atoms with Gasteiger partial charge in [-0.25, -0.2) is 14.8 Å². The molecule has 0 bridgehead atoms. The Morgan fingerprint density at radius 1 is 0.933 bits per heavy atom. The summed E-state index contributed by atoms with van der Waals surface area (Å²) in [6, 6.07) is 13.8. The first-order valence-electron chi connectivity index (χ1n) is 16.0. The van der Waals surface area contributed by atoms with Crippen molar-refractivity contribution in [3.63, 3.8) is 0 Å². The number of morpholine rings is 1. The number of ether oxygens (including phenoxy) is 1. The third-order valence-corrected chi connectivity index (χ3v) is 11.0. The number of hydrogen-bond donors (Lipinski definition) is 1. The summed E-state index contributed by atoms with van der Waals surface area (Å²) in [5, 5.41) is 11.9. The number of amides is 1. The van der Waals surface area contributed by atoms with Crippen LogP contribution in [-0.4, -0.2) is 62.7 Å². The van der Waals surface area contributed by atoms with Crippen molar-refractivity contribution >= 4 is 45.1 Å². The van der Waals surface area contributed by atoms with E-state index in [1.54, 1.807) is 17.4 Å². The molecule has 1 atom stereocenters. The second-order valence-corrected chi connectivity index (χ2v) is 14.1. The average Bonchev–Trinajstić information content (AvgIpc) is 3.60. The normalized spacial score (nSPS) is 18.7. The molecule has 1 N–H and O–H groups in total. The molecule has 8 rings (SSSR count). The smallest absolute Gasteiger partial charge is 0.354 e. The molecule has 9 heteroatoms. The van der Waals surface area contributed by atoms with Crippen LogP contribution in [0, 0.1) is 13.8 Å². The van der Waals surface area contributed by atoms with Crippen LogP contribution < -0.4 is 0 Å². The molecule has 8 nitrogen and oxygen atoms in total. The fourth-order valence-electron chi connectivity index (χ4n) is 7.93. The molecule has 1 aliphatic carbocycles. The number of aryl methyl sites for hydroxylation is 2. The lowest BCUT2D eigenvalue weighted by Crippen LogP contribution is -2.45. The minimum Gasteiger partial charge on any atom is -0.477 e. The molecule has 5 aromatic rings. The third kappa shape index (κ3) is 4.67. The van der Waals surface area contributed by atoms with Crippen molar-refractivity contribution in [1.82, 2.24) is 19.4 Å². The van der Waals surface area contributed by atoms with Crippen LogP contribution in [-0.2, 0) is 16.0 Å². The van der Waals surface area contributed by atoms with Gasteiger partial charge < -0.3 is 19.3 Å². The maximum absolute atomic E-state index is 14.5. The Morgan fingerprint density at radius 3 is 2.44 bits per heavy atom. The highest BCUT2D eigenvalue weighted by Crippen LogP contribution is 2.50. The fourth-order valence-corrected chi connectivity index (χ4v) is 8.86. The Bertz CT molecular complexity index is 2000. The van der Waals surface area contributed by atoms with Gasteiger partial charge in [0.1, 0.15) is 11.7 Å². The van der Waals surface area contributed by atoms with Crippen molar-refractivity contribution < 1.29 is 19.4 Å². The van der Waals surface area contributed by atoms with Gasteiger partial charge in [0.05, 0.1) is 30.1 Å². The molecule has 1 unspecified atom stereocenters. The zero-order valence-corrected chi connectivity index (χ0v) is 26.5. The van der Waals surface area contributed by atoms with Gasteiger partial charge in [0.15, 0.2) is 5.69 Å². The number of fused-ring (bicyclic) bond motifs is 7. The molecule has 6 heterocycles. The number of hydrogen-bond acceptors (Lipinski definition) is 6. The van der Waals surface area contributed by atoms with Crippen LogP contribution in [0.15, 0.2) is 42.5 Å². The van der Waals surface area contributed by atoms with Crippen LogP contribution in [0.25, 0.3) is 44.5 Å². The summed E-state index contributed by atoms with van der Waals surface area (Å²) in [4.78, 5) is 40.9. The van der Waals surface area contributed by atoms with E-state index in [-0.39, 0.29) is 11.6 Å². The van der Waals surface area contributed by atoms with E-state index < -0.39 is 12.0 Å². The van der Waals surface area contributed by atoms with Crippen molar-refractivity contribution in [2.24, 2.45) is 0 Å². The lowest BCUT2D eigenvalue weighted by atomic mass is 9.80. The number of benzene rings is 1. The summed E-state index contributed by atoms with van der Waals surface area (Å²) in [5.41, 5.74) is 8.10. The van der Waals surface area contributed by atoms with Crippen LogP contribution in [0.4, 0.5) is 0 Å². The second-order valence-electron chi connectivity index (χ2n) is 12.7. The number of thiophene rings is 1. The lowest BCUT2D eigenvalue weighted by Gasteiger charge is -2.35. The van der Waals surface area contributed by atoms with Gasteiger partial charge in [-0.15, -0.1) is 11.3 Å². The summed E-state index contributed by atoms with van der Waals surface area (Å²) in [6.07, 6.45) is 6.17. The molecular formula is C36H36N4O4S. The predicted molar refractivity (Wildman–Crippen MR) is 176 cm³/mol. The van der Waals surface area contributed by atoms with Crippen LogP contribution in [0.1, 0.15) is 75.4 Å². The van der Waals surface area contributed by atoms with E-state index in [2.05, 4.69) is 48.7 Å². The monoisotopic (exact) mass is 620 g/mol. The van der Waals surface area contributed by atoms with E-state index in [0.717, 1.165) is 70.1 Å². The molecule has 1 saturated heterocycles. The van der Waals surface area contributed by atoms with Crippen LogP contribution in [0.3, 0.4) is 0 Å². The Morgan fingerprint density at radius 2 is 1.71 bits per heavy atom. The van der Waals surface area contributed by atoms with Crippen LogP contribution in [0.5, 0.6) is 0 Å². The van der Waals surface area contributed by atoms with Crippen molar-refractivity contribution in [3.05, 3.63) is 69.0 Å². The molecule has 3 aliphatic rings. The van der Waals surface area contributed by atoms with E-state index in [1.165, 1.54) is 21.7 Å². The first kappa shape index (κ1) is 28.4. The quantitative estimate of drug-likeness (QED) is 0.227. The number of pyridine rings is 2. The number of carboxylic acid groups (broad SMARTS) is 1. The molecule has 45 heavy (non-hydrogen) atoms. The van der Waals surface area contributed by atoms with Gasteiger partial charge in [-0.05, 0) is 74.1 Å². The number of carboxylic acids is 1. The zero-order valence-electron chi connectivity index (χ0n) is 25.6. The van der Waals surface area contributed by atoms with E-state index in [1.807, 2.05) is 11.0 Å². The fraction of sp³-hybridized carbons (Fsp3) is 0.389. The van der Waals surface area contributed by atoms with Crippen LogP contribution >= 0.6 is 11.3 Å². The first-order chi connectivity index (χ1) is 21.9. The Labute approximate surface area is 265 Å². The molecule has 1 saturated carbocycles. The second kappa shape index (κ2) is 11.1. The van der Waals surface area contributed by atoms with Gasteiger partial charge in [0.2, 0.25) is 5.91 Å². The molecule has 4 aromatic heterocycles. The van der Waals surface area contributed by atoms with E-state index in [0.29, 0.717) is 44.3 Å². The van der Waals surface area contributed by atoms with Crippen molar-refractivity contribution in [2.45, 2.75) is 64.3 Å². The van der Waals surface area contributed by atoms with E-state index in [9.17, 15) is 14.7 Å². The van der Waals surface area contributed by atoms with E-state index in [4.69, 9.17) is 14.7 Å². The summed E-state index contributed by atoms with van der Waals surface area (Å²) < 4.78 is 7.68. The maximum Gasteiger partial charge on any atom is 0.354 e. The molecule has 230 valence electrons. The van der Waals surface area contributed by atoms with E-state index >= 15 is 0 Å². The van der Waals surface area contributed by atoms with Gasteiger partial charge in [-0.3, -0.25) is 4.79 Å². The Kier molecular flexibility index (Phi) is 6.98. The minimum absolute atomic E-state index is 0.00411. The largest absolute Gasteiger partial charge is 0.477 e. The van der Waals surface area contributed by atoms with Crippen molar-refractivity contribution in [3.8, 4) is 22.5 Å². The first-order valence-corrected chi connectivity index (χ1v) is 16.9. The van der Waals surface area contributed by atoms with Crippen LogP contribution in [0.2, 0.25) is 0 Å². The Balaban J connectivity index is 1.39. The standard InChI is InChI=1S/C36H36N4O4S/c1-20-18-26(21(2)45-20)29-11-8-23-27-19-31(35(41)39-14-16-44-17-15-39)40-33(24(27)9-12-28(23)37-29)32(22-6-4-3-5-7-22)25-10-13-30(36(42)43)38-34(25)40/h8-13,18,22,31H,3-7,14-17,19H2,1-2H3,(H,42,43). The Hall–Kier alpha value is -4.08. The third-order valence-electron chi connectivity index (χ3n) is 9.99. The average molecular weight is 621 g/mol. The lowest BCUT2D eigenvalue weighted by molar-refractivity contribution is -0.138. The highest BCUT2D eigenvalue weighted by molar-refractivity contribution is 7.12.